The number of rotatable bonds is 9. The Hall–Kier alpha value is -4.37. The van der Waals surface area contributed by atoms with Crippen LogP contribution in [-0.2, 0) is 20.4 Å². The van der Waals surface area contributed by atoms with Crippen LogP contribution in [0.25, 0.3) is 0 Å². The van der Waals surface area contributed by atoms with E-state index in [0.29, 0.717) is 19.6 Å². The topological polar surface area (TPSA) is 103 Å². The molecule has 0 fully saturated rings. The standard InChI is InChI=1S/C29H31F3N4O5/c1-6-41-27(38)24-18(2)36(21-10-7-9-20(16-21)29(30,31)32)28(39)35(4)25(24)22-12-11-19(17-33)15-23(22)26(37)34(3)13-8-14-40-5/h7,9-12,15-16,25H,6,8,13-14H2,1-5H3. The number of carbonyl (C=O) groups excluding carboxylic acids is 3. The average Bonchev–Trinajstić information content (AvgIpc) is 2.94. The summed E-state index contributed by atoms with van der Waals surface area (Å²) in [5.41, 5.74) is -0.501. The predicted molar refractivity (Wildman–Crippen MR) is 144 cm³/mol. The predicted octanol–water partition coefficient (Wildman–Crippen LogP) is 5.14. The van der Waals surface area contributed by atoms with Crippen LogP contribution in [-0.4, -0.2) is 68.7 Å². The van der Waals surface area contributed by atoms with Crippen LogP contribution in [0.15, 0.2) is 53.7 Å². The van der Waals surface area contributed by atoms with Crippen LogP contribution < -0.4 is 4.90 Å². The summed E-state index contributed by atoms with van der Waals surface area (Å²) in [6.07, 6.45) is -4.11. The Morgan fingerprint density at radius 2 is 1.88 bits per heavy atom. The number of hydrogen-bond donors (Lipinski definition) is 0. The molecule has 0 saturated heterocycles. The number of ether oxygens (including phenoxy) is 2. The Bertz CT molecular complexity index is 1400. The molecule has 3 rings (SSSR count). The minimum atomic E-state index is -4.65. The number of nitrogens with zero attached hydrogens (tertiary/aromatic N) is 4. The molecule has 1 atom stereocenters. The molecule has 12 heteroatoms. The fraction of sp³-hybridized carbons (Fsp3) is 0.379. The van der Waals surface area contributed by atoms with Gasteiger partial charge in [0.15, 0.2) is 0 Å². The summed E-state index contributed by atoms with van der Waals surface area (Å²) in [7, 11) is 4.51. The summed E-state index contributed by atoms with van der Waals surface area (Å²) in [6, 6.07) is 8.70. The van der Waals surface area contributed by atoms with Crippen molar-refractivity contribution in [1.29, 1.82) is 5.26 Å². The van der Waals surface area contributed by atoms with Crippen LogP contribution >= 0.6 is 0 Å². The van der Waals surface area contributed by atoms with E-state index in [1.165, 1.54) is 54.1 Å². The molecule has 9 nitrogen and oxygen atoms in total. The van der Waals surface area contributed by atoms with Crippen molar-refractivity contribution in [1.82, 2.24) is 9.80 Å². The molecule has 218 valence electrons. The Kier molecular flexibility index (Phi) is 9.78. The molecular formula is C29H31F3N4O5. The number of hydrogen-bond acceptors (Lipinski definition) is 6. The van der Waals surface area contributed by atoms with Crippen molar-refractivity contribution in [2.45, 2.75) is 32.5 Å². The molecule has 0 saturated carbocycles. The van der Waals surface area contributed by atoms with Gasteiger partial charge in [-0.1, -0.05) is 12.1 Å². The van der Waals surface area contributed by atoms with Gasteiger partial charge >= 0.3 is 18.2 Å². The van der Waals surface area contributed by atoms with E-state index in [2.05, 4.69) is 0 Å². The van der Waals surface area contributed by atoms with Gasteiger partial charge in [0.05, 0.1) is 41.1 Å². The molecule has 3 amide bonds. The van der Waals surface area contributed by atoms with Crippen molar-refractivity contribution < 1.29 is 37.0 Å². The summed E-state index contributed by atoms with van der Waals surface area (Å²) in [6.45, 7) is 3.78. The molecule has 0 spiro atoms. The fourth-order valence-corrected chi connectivity index (χ4v) is 4.68. The molecule has 1 aliphatic heterocycles. The number of methoxy groups -OCH3 is 1. The van der Waals surface area contributed by atoms with Crippen molar-refractivity contribution >= 4 is 23.6 Å². The lowest BCUT2D eigenvalue weighted by Gasteiger charge is -2.41. The SMILES string of the molecule is CCOC(=O)C1=C(C)N(c2cccc(C(F)(F)F)c2)C(=O)N(C)C1c1ccc(C#N)cc1C(=O)N(C)CCCOC. The number of halogens is 3. The number of esters is 1. The first-order valence-electron chi connectivity index (χ1n) is 12.8. The first kappa shape index (κ1) is 31.2. The molecule has 0 aliphatic carbocycles. The zero-order valence-corrected chi connectivity index (χ0v) is 23.4. The number of anilines is 1. The van der Waals surface area contributed by atoms with Gasteiger partial charge in [-0.05, 0) is 56.2 Å². The molecule has 0 radical (unpaired) electrons. The Balaban J connectivity index is 2.24. The monoisotopic (exact) mass is 572 g/mol. The van der Waals surface area contributed by atoms with E-state index >= 15 is 0 Å². The third-order valence-corrected chi connectivity index (χ3v) is 6.70. The highest BCUT2D eigenvalue weighted by Crippen LogP contribution is 2.41. The maximum absolute atomic E-state index is 13.7. The van der Waals surface area contributed by atoms with Crippen molar-refractivity contribution in [3.63, 3.8) is 0 Å². The second-order valence-corrected chi connectivity index (χ2v) is 9.39. The van der Waals surface area contributed by atoms with Crippen LogP contribution in [0.5, 0.6) is 0 Å². The van der Waals surface area contributed by atoms with E-state index in [9.17, 15) is 32.8 Å². The lowest BCUT2D eigenvalue weighted by Crippen LogP contribution is -2.49. The maximum atomic E-state index is 13.7. The highest BCUT2D eigenvalue weighted by molar-refractivity contribution is 6.04. The highest BCUT2D eigenvalue weighted by atomic mass is 19.4. The summed E-state index contributed by atoms with van der Waals surface area (Å²) in [5.74, 6) is -1.25. The molecule has 1 aliphatic rings. The summed E-state index contributed by atoms with van der Waals surface area (Å²) in [5, 5.41) is 9.52. The molecule has 0 N–H and O–H groups in total. The van der Waals surface area contributed by atoms with Gasteiger partial charge in [0.1, 0.15) is 0 Å². The molecular weight excluding hydrogens is 541 g/mol. The third-order valence-electron chi connectivity index (χ3n) is 6.70. The van der Waals surface area contributed by atoms with Gasteiger partial charge in [0.25, 0.3) is 5.91 Å². The molecule has 2 aromatic carbocycles. The van der Waals surface area contributed by atoms with E-state index in [0.717, 1.165) is 17.0 Å². The van der Waals surface area contributed by atoms with Crippen molar-refractivity contribution in [2.24, 2.45) is 0 Å². The third kappa shape index (κ3) is 6.52. The number of allylic oxidation sites excluding steroid dienone is 1. The smallest absolute Gasteiger partial charge is 0.416 e. The fourth-order valence-electron chi connectivity index (χ4n) is 4.68. The molecule has 0 bridgehead atoms. The second-order valence-electron chi connectivity index (χ2n) is 9.39. The lowest BCUT2D eigenvalue weighted by atomic mass is 9.88. The highest BCUT2D eigenvalue weighted by Gasteiger charge is 2.43. The second kappa shape index (κ2) is 12.9. The van der Waals surface area contributed by atoms with Crippen LogP contribution in [0.1, 0.15) is 53.4 Å². The van der Waals surface area contributed by atoms with Crippen molar-refractivity contribution in [3.8, 4) is 6.07 Å². The normalized spacial score (nSPS) is 15.6. The van der Waals surface area contributed by atoms with Gasteiger partial charge < -0.3 is 19.3 Å². The number of likely N-dealkylation sites (N-methyl/N-ethyl adjacent to an activating group) is 1. The van der Waals surface area contributed by atoms with Gasteiger partial charge in [0.2, 0.25) is 0 Å². The van der Waals surface area contributed by atoms with Gasteiger partial charge in [-0.3, -0.25) is 9.69 Å². The van der Waals surface area contributed by atoms with Crippen LogP contribution in [0.3, 0.4) is 0 Å². The van der Waals surface area contributed by atoms with E-state index in [1.807, 2.05) is 6.07 Å². The Labute approximate surface area is 236 Å². The largest absolute Gasteiger partial charge is 0.463 e. The maximum Gasteiger partial charge on any atom is 0.416 e. The summed E-state index contributed by atoms with van der Waals surface area (Å²) in [4.78, 5) is 44.3. The minimum absolute atomic E-state index is 0.00898. The first-order valence-corrected chi connectivity index (χ1v) is 12.8. The number of carbonyl (C=O) groups is 3. The Morgan fingerprint density at radius 1 is 1.17 bits per heavy atom. The van der Waals surface area contributed by atoms with Crippen molar-refractivity contribution in [3.05, 3.63) is 76.0 Å². The van der Waals surface area contributed by atoms with E-state index in [4.69, 9.17) is 9.47 Å². The van der Waals surface area contributed by atoms with E-state index < -0.39 is 35.7 Å². The lowest BCUT2D eigenvalue weighted by molar-refractivity contribution is -0.139. The molecule has 41 heavy (non-hydrogen) atoms. The number of benzene rings is 2. The van der Waals surface area contributed by atoms with Gasteiger partial charge in [-0.15, -0.1) is 0 Å². The van der Waals surface area contributed by atoms with Crippen LogP contribution in [0.4, 0.5) is 23.7 Å². The number of alkyl halides is 3. The first-order chi connectivity index (χ1) is 19.4. The Morgan fingerprint density at radius 3 is 2.49 bits per heavy atom. The molecule has 1 unspecified atom stereocenters. The van der Waals surface area contributed by atoms with E-state index in [-0.39, 0.29) is 40.3 Å². The van der Waals surface area contributed by atoms with E-state index in [1.54, 1.807) is 21.1 Å². The molecule has 2 aromatic rings. The van der Waals surface area contributed by atoms with Crippen LogP contribution in [0, 0.1) is 11.3 Å². The number of urea groups is 1. The number of amides is 3. The molecule has 1 heterocycles. The quantitative estimate of drug-likeness (QED) is 0.305. The molecule has 0 aromatic heterocycles. The van der Waals surface area contributed by atoms with Gasteiger partial charge in [-0.2, -0.15) is 18.4 Å². The minimum Gasteiger partial charge on any atom is -0.463 e. The zero-order chi connectivity index (χ0) is 30.5. The average molecular weight is 573 g/mol. The van der Waals surface area contributed by atoms with Gasteiger partial charge in [0, 0.05) is 45.6 Å². The summed E-state index contributed by atoms with van der Waals surface area (Å²) >= 11 is 0. The van der Waals surface area contributed by atoms with Gasteiger partial charge in [-0.25, -0.2) is 9.59 Å². The number of nitriles is 1. The van der Waals surface area contributed by atoms with Crippen LogP contribution in [0.2, 0.25) is 0 Å². The summed E-state index contributed by atoms with van der Waals surface area (Å²) < 4.78 is 50.8. The van der Waals surface area contributed by atoms with Crippen molar-refractivity contribution in [2.75, 3.05) is 45.9 Å². The zero-order valence-electron chi connectivity index (χ0n) is 23.4.